The van der Waals surface area contributed by atoms with Gasteiger partial charge in [-0.1, -0.05) is 13.8 Å². The third-order valence-electron chi connectivity index (χ3n) is 2.59. The molecule has 1 aliphatic rings. The summed E-state index contributed by atoms with van der Waals surface area (Å²) in [6, 6.07) is 0. The molecule has 16 heavy (non-hydrogen) atoms. The zero-order valence-electron chi connectivity index (χ0n) is 10.1. The van der Waals surface area contributed by atoms with Gasteiger partial charge in [0.2, 0.25) is 10.0 Å². The van der Waals surface area contributed by atoms with Gasteiger partial charge in [-0.2, -0.15) is 0 Å². The molecule has 0 spiro atoms. The molecule has 0 amide bonds. The summed E-state index contributed by atoms with van der Waals surface area (Å²) in [6.07, 6.45) is 1.24. The van der Waals surface area contributed by atoms with Crippen LogP contribution in [0, 0.1) is 5.92 Å². The van der Waals surface area contributed by atoms with E-state index in [0.717, 1.165) is 26.1 Å². The maximum atomic E-state index is 10.8. The Hall–Kier alpha value is -0.170. The van der Waals surface area contributed by atoms with Gasteiger partial charge in [-0.15, -0.1) is 0 Å². The maximum absolute atomic E-state index is 10.8. The number of rotatable bonds is 6. The molecule has 2 N–H and O–H groups in total. The van der Waals surface area contributed by atoms with Gasteiger partial charge < -0.3 is 4.74 Å². The molecule has 96 valence electrons. The second kappa shape index (κ2) is 5.95. The molecular formula is C10H22N2O3S. The third kappa shape index (κ3) is 5.79. The minimum Gasteiger partial charge on any atom is -0.377 e. The van der Waals surface area contributed by atoms with Gasteiger partial charge >= 0.3 is 0 Å². The number of hydrogen-bond acceptors (Lipinski definition) is 4. The Bertz CT molecular complexity index is 303. The molecule has 5 nitrogen and oxygen atoms in total. The Morgan fingerprint density at radius 1 is 1.50 bits per heavy atom. The van der Waals surface area contributed by atoms with E-state index in [1.807, 2.05) is 0 Å². The second-order valence-electron chi connectivity index (χ2n) is 4.81. The van der Waals surface area contributed by atoms with Gasteiger partial charge in [-0.25, -0.2) is 13.6 Å². The van der Waals surface area contributed by atoms with Crippen molar-refractivity contribution in [3.63, 3.8) is 0 Å². The van der Waals surface area contributed by atoms with Crippen LogP contribution in [0.15, 0.2) is 0 Å². The summed E-state index contributed by atoms with van der Waals surface area (Å²) < 4.78 is 27.3. The van der Waals surface area contributed by atoms with Gasteiger partial charge in [0.15, 0.2) is 0 Å². The summed E-state index contributed by atoms with van der Waals surface area (Å²) >= 11 is 0. The lowest BCUT2D eigenvalue weighted by Gasteiger charge is -2.16. The van der Waals surface area contributed by atoms with Crippen molar-refractivity contribution in [3.05, 3.63) is 0 Å². The molecule has 0 aliphatic carbocycles. The molecule has 1 rings (SSSR count). The number of sulfonamides is 1. The molecule has 1 heterocycles. The number of hydrogen-bond donors (Lipinski definition) is 1. The largest absolute Gasteiger partial charge is 0.377 e. The van der Waals surface area contributed by atoms with Gasteiger partial charge in [0.25, 0.3) is 0 Å². The van der Waals surface area contributed by atoms with Crippen molar-refractivity contribution >= 4 is 10.0 Å². The van der Waals surface area contributed by atoms with Crippen LogP contribution in [0.3, 0.4) is 0 Å². The molecule has 0 aromatic heterocycles. The smallest absolute Gasteiger partial charge is 0.210 e. The summed E-state index contributed by atoms with van der Waals surface area (Å²) in [5.41, 5.74) is 0. The first-order valence-corrected chi connectivity index (χ1v) is 7.43. The Labute approximate surface area is 98.0 Å². The van der Waals surface area contributed by atoms with E-state index >= 15 is 0 Å². The summed E-state index contributed by atoms with van der Waals surface area (Å²) in [5, 5.41) is 4.96. The maximum Gasteiger partial charge on any atom is 0.210 e. The predicted molar refractivity (Wildman–Crippen MR) is 63.6 cm³/mol. The quantitative estimate of drug-likeness (QED) is 0.721. The molecule has 0 bridgehead atoms. The van der Waals surface area contributed by atoms with E-state index in [0.29, 0.717) is 12.5 Å². The molecule has 0 aromatic rings. The molecule has 0 radical (unpaired) electrons. The average Bonchev–Trinajstić information content (AvgIpc) is 2.58. The number of nitrogens with zero attached hydrogens (tertiary/aromatic N) is 1. The third-order valence-corrected chi connectivity index (χ3v) is 3.34. The van der Waals surface area contributed by atoms with Crippen molar-refractivity contribution in [2.24, 2.45) is 11.1 Å². The van der Waals surface area contributed by atoms with Crippen LogP contribution in [0.5, 0.6) is 0 Å². The average molecular weight is 250 g/mol. The van der Waals surface area contributed by atoms with E-state index in [-0.39, 0.29) is 11.9 Å². The summed E-state index contributed by atoms with van der Waals surface area (Å²) in [4.78, 5) is 2.09. The standard InChI is InChI=1S/C10H22N2O3S/c1-9(2)8-15-10-3-4-12(7-10)5-6-16(11,13)14/h9-10H,3-8H2,1-2H3,(H2,11,13,14). The SMILES string of the molecule is CC(C)COC1CCN(CCS(N)(=O)=O)C1. The van der Waals surface area contributed by atoms with Gasteiger partial charge in [-0.05, 0) is 12.3 Å². The van der Waals surface area contributed by atoms with Crippen LogP contribution >= 0.6 is 0 Å². The van der Waals surface area contributed by atoms with Crippen LogP contribution in [0.4, 0.5) is 0 Å². The van der Waals surface area contributed by atoms with Crippen molar-refractivity contribution in [2.45, 2.75) is 26.4 Å². The summed E-state index contributed by atoms with van der Waals surface area (Å²) in [6.45, 7) is 7.25. The Kier molecular flexibility index (Phi) is 5.17. The number of nitrogens with two attached hydrogens (primary N) is 1. The molecule has 0 aromatic carbocycles. The van der Waals surface area contributed by atoms with Gasteiger partial charge in [-0.3, -0.25) is 4.90 Å². The summed E-state index contributed by atoms with van der Waals surface area (Å²) in [7, 11) is -3.34. The lowest BCUT2D eigenvalue weighted by atomic mass is 10.2. The Balaban J connectivity index is 2.20. The number of likely N-dealkylation sites (tertiary alicyclic amines) is 1. The second-order valence-corrected chi connectivity index (χ2v) is 6.54. The van der Waals surface area contributed by atoms with E-state index in [2.05, 4.69) is 18.7 Å². The fourth-order valence-electron chi connectivity index (χ4n) is 1.72. The molecule has 6 heteroatoms. The molecule has 1 saturated heterocycles. The topological polar surface area (TPSA) is 72.6 Å². The number of ether oxygens (including phenoxy) is 1. The molecule has 0 saturated carbocycles. The van der Waals surface area contributed by atoms with Crippen LogP contribution in [0.1, 0.15) is 20.3 Å². The van der Waals surface area contributed by atoms with Crippen LogP contribution < -0.4 is 5.14 Å². The van der Waals surface area contributed by atoms with E-state index < -0.39 is 10.0 Å². The first kappa shape index (κ1) is 13.9. The van der Waals surface area contributed by atoms with Gasteiger partial charge in [0.1, 0.15) is 0 Å². The van der Waals surface area contributed by atoms with E-state index in [9.17, 15) is 8.42 Å². The van der Waals surface area contributed by atoms with Crippen LogP contribution in [-0.2, 0) is 14.8 Å². The van der Waals surface area contributed by atoms with E-state index in [1.165, 1.54) is 0 Å². The van der Waals surface area contributed by atoms with Crippen molar-refractivity contribution in [2.75, 3.05) is 32.0 Å². The van der Waals surface area contributed by atoms with Crippen LogP contribution in [-0.4, -0.2) is 51.4 Å². The normalized spacial score (nSPS) is 23.1. The molecule has 1 aliphatic heterocycles. The lowest BCUT2D eigenvalue weighted by molar-refractivity contribution is 0.0421. The molecule has 1 atom stereocenters. The van der Waals surface area contributed by atoms with Crippen molar-refractivity contribution in [1.29, 1.82) is 0 Å². The monoisotopic (exact) mass is 250 g/mol. The number of primary sulfonamides is 1. The van der Waals surface area contributed by atoms with Crippen molar-refractivity contribution < 1.29 is 13.2 Å². The van der Waals surface area contributed by atoms with Crippen LogP contribution in [0.2, 0.25) is 0 Å². The highest BCUT2D eigenvalue weighted by Gasteiger charge is 2.23. The van der Waals surface area contributed by atoms with Gasteiger partial charge in [0.05, 0.1) is 11.9 Å². The lowest BCUT2D eigenvalue weighted by Crippen LogP contribution is -2.31. The fourth-order valence-corrected chi connectivity index (χ4v) is 2.23. The Morgan fingerprint density at radius 3 is 2.75 bits per heavy atom. The predicted octanol–water partition coefficient (Wildman–Crippen LogP) is 0.0218. The van der Waals surface area contributed by atoms with Gasteiger partial charge in [0, 0.05) is 26.2 Å². The van der Waals surface area contributed by atoms with Crippen LogP contribution in [0.25, 0.3) is 0 Å². The van der Waals surface area contributed by atoms with E-state index in [4.69, 9.17) is 9.88 Å². The molecule has 1 fully saturated rings. The minimum atomic E-state index is -3.34. The Morgan fingerprint density at radius 2 is 2.19 bits per heavy atom. The fraction of sp³-hybridized carbons (Fsp3) is 1.00. The highest BCUT2D eigenvalue weighted by Crippen LogP contribution is 2.13. The first-order chi connectivity index (χ1) is 7.37. The highest BCUT2D eigenvalue weighted by molar-refractivity contribution is 7.89. The zero-order chi connectivity index (χ0) is 12.2. The summed E-state index contributed by atoms with van der Waals surface area (Å²) in [5.74, 6) is 0.572. The van der Waals surface area contributed by atoms with E-state index in [1.54, 1.807) is 0 Å². The highest BCUT2D eigenvalue weighted by atomic mass is 32.2. The molecular weight excluding hydrogens is 228 g/mol. The zero-order valence-corrected chi connectivity index (χ0v) is 10.9. The minimum absolute atomic E-state index is 0.0316. The van der Waals surface area contributed by atoms with Crippen molar-refractivity contribution in [1.82, 2.24) is 4.90 Å². The first-order valence-electron chi connectivity index (χ1n) is 5.71. The molecule has 1 unspecified atom stereocenters. The van der Waals surface area contributed by atoms with Crippen molar-refractivity contribution in [3.8, 4) is 0 Å².